The van der Waals surface area contributed by atoms with Crippen LogP contribution in [0.3, 0.4) is 0 Å². The fourth-order valence-electron chi connectivity index (χ4n) is 1.16. The lowest BCUT2D eigenvalue weighted by Gasteiger charge is -2.03. The number of benzene rings is 1. The summed E-state index contributed by atoms with van der Waals surface area (Å²) < 4.78 is 12.2. The summed E-state index contributed by atoms with van der Waals surface area (Å²) in [7, 11) is 0. The van der Waals surface area contributed by atoms with E-state index in [0.717, 1.165) is 5.56 Å². The predicted molar refractivity (Wildman–Crippen MR) is 60.2 cm³/mol. The van der Waals surface area contributed by atoms with Gasteiger partial charge in [-0.1, -0.05) is 12.1 Å². The van der Waals surface area contributed by atoms with Crippen LogP contribution in [0, 0.1) is 0 Å². The molecule has 0 heterocycles. The second-order valence-corrected chi connectivity index (χ2v) is 3.88. The highest BCUT2D eigenvalue weighted by Gasteiger charge is 1.98. The summed E-state index contributed by atoms with van der Waals surface area (Å²) >= 11 is 1.69. The lowest BCUT2D eigenvalue weighted by Crippen LogP contribution is -2.05. The molecule has 1 aromatic rings. The average Bonchev–Trinajstić information content (AvgIpc) is 2.26. The SMILES string of the molecule is CSc1ccc(CC(=CF)CN)cc1. The molecule has 0 spiro atoms. The molecule has 0 aromatic heterocycles. The van der Waals surface area contributed by atoms with Crippen molar-refractivity contribution in [3.63, 3.8) is 0 Å². The van der Waals surface area contributed by atoms with Gasteiger partial charge in [0.05, 0.1) is 6.33 Å². The Kier molecular flexibility index (Phi) is 4.70. The number of nitrogens with two attached hydrogens (primary N) is 1. The van der Waals surface area contributed by atoms with E-state index < -0.39 is 0 Å². The molecule has 1 aromatic carbocycles. The fourth-order valence-corrected chi connectivity index (χ4v) is 1.57. The normalized spacial score (nSPS) is 11.8. The molecule has 1 rings (SSSR count). The Hall–Kier alpha value is -0.800. The maximum atomic E-state index is 12.2. The highest BCUT2D eigenvalue weighted by Crippen LogP contribution is 2.16. The van der Waals surface area contributed by atoms with Crippen LogP contribution in [0.1, 0.15) is 5.56 Å². The zero-order chi connectivity index (χ0) is 10.4. The topological polar surface area (TPSA) is 26.0 Å². The summed E-state index contributed by atoms with van der Waals surface area (Å²) in [5.74, 6) is 0. The zero-order valence-corrected chi connectivity index (χ0v) is 8.98. The van der Waals surface area contributed by atoms with E-state index in [2.05, 4.69) is 0 Å². The predicted octanol–water partition coefficient (Wildman–Crippen LogP) is 2.76. The van der Waals surface area contributed by atoms with E-state index in [1.807, 2.05) is 30.5 Å². The average molecular weight is 211 g/mol. The van der Waals surface area contributed by atoms with E-state index in [4.69, 9.17) is 5.73 Å². The van der Waals surface area contributed by atoms with Crippen molar-refractivity contribution in [2.75, 3.05) is 12.8 Å². The molecule has 0 fully saturated rings. The first-order valence-corrected chi connectivity index (χ1v) is 5.63. The summed E-state index contributed by atoms with van der Waals surface area (Å²) in [6, 6.07) is 8.08. The molecule has 14 heavy (non-hydrogen) atoms. The number of halogens is 1. The van der Waals surface area contributed by atoms with E-state index in [-0.39, 0.29) is 6.54 Å². The van der Waals surface area contributed by atoms with Crippen LogP contribution in [-0.2, 0) is 6.42 Å². The van der Waals surface area contributed by atoms with E-state index in [1.54, 1.807) is 11.8 Å². The summed E-state index contributed by atoms with van der Waals surface area (Å²) in [5.41, 5.74) is 7.10. The standard InChI is InChI=1S/C11H14FNS/c1-14-11-4-2-9(3-5-11)6-10(7-12)8-13/h2-5,7H,6,8,13H2,1H3. The molecule has 0 saturated heterocycles. The van der Waals surface area contributed by atoms with E-state index >= 15 is 0 Å². The van der Waals surface area contributed by atoms with Crippen molar-refractivity contribution in [3.8, 4) is 0 Å². The first-order chi connectivity index (χ1) is 6.80. The van der Waals surface area contributed by atoms with Gasteiger partial charge in [0, 0.05) is 11.4 Å². The Morgan fingerprint density at radius 1 is 1.43 bits per heavy atom. The van der Waals surface area contributed by atoms with E-state index in [9.17, 15) is 4.39 Å². The molecule has 3 heteroatoms. The number of hydrogen-bond donors (Lipinski definition) is 1. The van der Waals surface area contributed by atoms with Gasteiger partial charge in [0.2, 0.25) is 0 Å². The monoisotopic (exact) mass is 211 g/mol. The Bertz CT molecular complexity index is 306. The molecule has 0 aliphatic rings. The van der Waals surface area contributed by atoms with Gasteiger partial charge in [-0.05, 0) is 35.9 Å². The van der Waals surface area contributed by atoms with Crippen LogP contribution in [-0.4, -0.2) is 12.8 Å². The van der Waals surface area contributed by atoms with Gasteiger partial charge in [-0.2, -0.15) is 0 Å². The van der Waals surface area contributed by atoms with Crippen LogP contribution in [0.4, 0.5) is 4.39 Å². The van der Waals surface area contributed by atoms with Gasteiger partial charge in [0.15, 0.2) is 0 Å². The highest BCUT2D eigenvalue weighted by molar-refractivity contribution is 7.98. The molecule has 0 unspecified atom stereocenters. The van der Waals surface area contributed by atoms with Gasteiger partial charge in [-0.15, -0.1) is 11.8 Å². The molecule has 0 aliphatic carbocycles. The first kappa shape index (κ1) is 11.3. The van der Waals surface area contributed by atoms with Gasteiger partial charge in [-0.25, -0.2) is 4.39 Å². The van der Waals surface area contributed by atoms with Crippen LogP contribution in [0.15, 0.2) is 41.1 Å². The fraction of sp³-hybridized carbons (Fsp3) is 0.273. The van der Waals surface area contributed by atoms with Crippen LogP contribution in [0.5, 0.6) is 0 Å². The maximum absolute atomic E-state index is 12.2. The van der Waals surface area contributed by atoms with E-state index in [1.165, 1.54) is 4.90 Å². The molecule has 0 radical (unpaired) electrons. The highest BCUT2D eigenvalue weighted by atomic mass is 32.2. The zero-order valence-electron chi connectivity index (χ0n) is 8.16. The van der Waals surface area contributed by atoms with Crippen molar-refractivity contribution in [1.82, 2.24) is 0 Å². The Morgan fingerprint density at radius 2 is 2.07 bits per heavy atom. The van der Waals surface area contributed by atoms with Crippen LogP contribution in [0.25, 0.3) is 0 Å². The van der Waals surface area contributed by atoms with Crippen LogP contribution in [0.2, 0.25) is 0 Å². The largest absolute Gasteiger partial charge is 0.327 e. The second kappa shape index (κ2) is 5.83. The number of thioether (sulfide) groups is 1. The van der Waals surface area contributed by atoms with Crippen molar-refractivity contribution >= 4 is 11.8 Å². The molecule has 0 aliphatic heterocycles. The third-order valence-corrected chi connectivity index (χ3v) is 2.75. The quantitative estimate of drug-likeness (QED) is 0.775. The molecule has 0 atom stereocenters. The Labute approximate surface area is 88.2 Å². The summed E-state index contributed by atoms with van der Waals surface area (Å²) in [4.78, 5) is 1.22. The smallest absolute Gasteiger partial charge is 0.0875 e. The molecule has 0 bridgehead atoms. The van der Waals surface area contributed by atoms with E-state index in [0.29, 0.717) is 18.3 Å². The Morgan fingerprint density at radius 3 is 2.50 bits per heavy atom. The summed E-state index contributed by atoms with van der Waals surface area (Å²) in [6.45, 7) is 0.279. The van der Waals surface area contributed by atoms with Gasteiger partial charge < -0.3 is 5.73 Å². The van der Waals surface area contributed by atoms with Crippen molar-refractivity contribution < 1.29 is 4.39 Å². The lowest BCUT2D eigenvalue weighted by atomic mass is 10.1. The van der Waals surface area contributed by atoms with Crippen molar-refractivity contribution in [1.29, 1.82) is 0 Å². The van der Waals surface area contributed by atoms with Gasteiger partial charge in [0.1, 0.15) is 0 Å². The minimum atomic E-state index is 0.279. The third kappa shape index (κ3) is 3.16. The van der Waals surface area contributed by atoms with Gasteiger partial charge >= 0.3 is 0 Å². The molecule has 76 valence electrons. The van der Waals surface area contributed by atoms with Crippen LogP contribution >= 0.6 is 11.8 Å². The second-order valence-electron chi connectivity index (χ2n) is 3.00. The summed E-state index contributed by atoms with van der Waals surface area (Å²) in [5, 5.41) is 0. The van der Waals surface area contributed by atoms with Crippen molar-refractivity contribution in [2.45, 2.75) is 11.3 Å². The molecule has 2 N–H and O–H groups in total. The molecular weight excluding hydrogens is 197 g/mol. The van der Waals surface area contributed by atoms with Gasteiger partial charge in [-0.3, -0.25) is 0 Å². The molecular formula is C11H14FNS. The minimum absolute atomic E-state index is 0.279. The third-order valence-electron chi connectivity index (χ3n) is 2.01. The van der Waals surface area contributed by atoms with Crippen molar-refractivity contribution in [2.24, 2.45) is 5.73 Å². The minimum Gasteiger partial charge on any atom is -0.327 e. The summed E-state index contributed by atoms with van der Waals surface area (Å²) in [6.07, 6.45) is 3.23. The number of rotatable bonds is 4. The van der Waals surface area contributed by atoms with Crippen LogP contribution < -0.4 is 5.73 Å². The lowest BCUT2D eigenvalue weighted by molar-refractivity contribution is 0.699. The van der Waals surface area contributed by atoms with Crippen molar-refractivity contribution in [3.05, 3.63) is 41.7 Å². The number of hydrogen-bond acceptors (Lipinski definition) is 2. The Balaban J connectivity index is 2.68. The molecule has 0 amide bonds. The molecule has 0 saturated carbocycles. The maximum Gasteiger partial charge on any atom is 0.0875 e. The first-order valence-electron chi connectivity index (χ1n) is 4.41. The molecule has 1 nitrogen and oxygen atoms in total. The van der Waals surface area contributed by atoms with Gasteiger partial charge in [0.25, 0.3) is 0 Å².